The second-order valence-electron chi connectivity index (χ2n) is 7.50. The van der Waals surface area contributed by atoms with Gasteiger partial charge in [0, 0.05) is 23.9 Å². The molecule has 7 nitrogen and oxygen atoms in total. The highest BCUT2D eigenvalue weighted by Gasteiger charge is 2.12. The number of hydrogen-bond acceptors (Lipinski definition) is 5. The fourth-order valence-electron chi connectivity index (χ4n) is 3.48. The van der Waals surface area contributed by atoms with Gasteiger partial charge in [0.05, 0.1) is 6.61 Å². The predicted molar refractivity (Wildman–Crippen MR) is 122 cm³/mol. The van der Waals surface area contributed by atoms with Crippen LogP contribution in [0.4, 0.5) is 10.5 Å². The number of allylic oxidation sites excluding steroid dienone is 1. The summed E-state index contributed by atoms with van der Waals surface area (Å²) in [5.41, 5.74) is 3.03. The maximum Gasteiger partial charge on any atom is 0.513 e. The van der Waals surface area contributed by atoms with E-state index in [9.17, 15) is 14.4 Å². The van der Waals surface area contributed by atoms with Crippen LogP contribution in [0.3, 0.4) is 0 Å². The Labute approximate surface area is 187 Å². The van der Waals surface area contributed by atoms with Crippen LogP contribution in [0, 0.1) is 0 Å². The maximum atomic E-state index is 12.7. The van der Waals surface area contributed by atoms with Crippen LogP contribution in [0.2, 0.25) is 0 Å². The molecule has 0 bridgehead atoms. The van der Waals surface area contributed by atoms with Crippen LogP contribution in [0.15, 0.2) is 60.2 Å². The van der Waals surface area contributed by atoms with Crippen LogP contribution in [-0.4, -0.2) is 24.6 Å². The fraction of sp³-hybridized carbons (Fsp3) is 0.320. The molecule has 0 heterocycles. The highest BCUT2D eigenvalue weighted by atomic mass is 16.7. The number of rotatable bonds is 7. The number of amides is 2. The molecule has 2 N–H and O–H groups in total. The molecule has 2 amide bonds. The lowest BCUT2D eigenvalue weighted by Crippen LogP contribution is -2.22. The van der Waals surface area contributed by atoms with Crippen molar-refractivity contribution in [1.29, 1.82) is 0 Å². The first-order valence-corrected chi connectivity index (χ1v) is 10.9. The largest absolute Gasteiger partial charge is 0.513 e. The second kappa shape index (κ2) is 11.7. The van der Waals surface area contributed by atoms with Crippen molar-refractivity contribution < 1.29 is 23.9 Å². The Morgan fingerprint density at radius 2 is 1.69 bits per heavy atom. The van der Waals surface area contributed by atoms with Gasteiger partial charge in [-0.2, -0.15) is 0 Å². The van der Waals surface area contributed by atoms with Crippen molar-refractivity contribution >= 4 is 23.7 Å². The van der Waals surface area contributed by atoms with Gasteiger partial charge in [0.15, 0.2) is 0 Å². The van der Waals surface area contributed by atoms with E-state index in [1.807, 2.05) is 18.2 Å². The molecular weight excluding hydrogens is 408 g/mol. The molecule has 3 rings (SSSR count). The third-order valence-corrected chi connectivity index (χ3v) is 5.13. The molecule has 0 aromatic heterocycles. The molecule has 0 spiro atoms. The van der Waals surface area contributed by atoms with Gasteiger partial charge in [-0.05, 0) is 68.5 Å². The van der Waals surface area contributed by atoms with E-state index >= 15 is 0 Å². The topological polar surface area (TPSA) is 93.7 Å². The molecule has 0 aliphatic heterocycles. The first kappa shape index (κ1) is 23.1. The molecule has 2 aromatic carbocycles. The lowest BCUT2D eigenvalue weighted by Gasteiger charge is -2.14. The van der Waals surface area contributed by atoms with E-state index in [2.05, 4.69) is 10.6 Å². The lowest BCUT2D eigenvalue weighted by atomic mass is 9.94. The summed E-state index contributed by atoms with van der Waals surface area (Å²) >= 11 is 0. The van der Waals surface area contributed by atoms with Crippen molar-refractivity contribution in [3.63, 3.8) is 0 Å². The number of para-hydroxylation sites is 1. The Morgan fingerprint density at radius 3 is 2.41 bits per heavy atom. The fourth-order valence-corrected chi connectivity index (χ4v) is 3.48. The summed E-state index contributed by atoms with van der Waals surface area (Å²) in [5, 5.41) is 5.78. The molecule has 1 fully saturated rings. The normalized spacial score (nSPS) is 13.1. The molecule has 7 heteroatoms. The van der Waals surface area contributed by atoms with Crippen molar-refractivity contribution in [3.05, 3.63) is 71.3 Å². The number of carbonyl (C=O) groups excluding carboxylic acids is 3. The summed E-state index contributed by atoms with van der Waals surface area (Å²) < 4.78 is 9.72. The van der Waals surface area contributed by atoms with Crippen molar-refractivity contribution in [3.8, 4) is 5.75 Å². The molecule has 1 aliphatic rings. The summed E-state index contributed by atoms with van der Waals surface area (Å²) in [6.07, 6.45) is 6.41. The van der Waals surface area contributed by atoms with Gasteiger partial charge in [-0.25, -0.2) is 4.79 Å². The molecular formula is C25H28N2O5. The van der Waals surface area contributed by atoms with E-state index in [0.717, 1.165) is 31.2 Å². The van der Waals surface area contributed by atoms with E-state index < -0.39 is 6.16 Å². The van der Waals surface area contributed by atoms with Gasteiger partial charge in [-0.1, -0.05) is 30.2 Å². The highest BCUT2D eigenvalue weighted by Crippen LogP contribution is 2.22. The molecule has 1 saturated carbocycles. The maximum absolute atomic E-state index is 12.7. The van der Waals surface area contributed by atoms with Crippen molar-refractivity contribution in [2.45, 2.75) is 45.6 Å². The third-order valence-electron chi connectivity index (χ3n) is 5.13. The summed E-state index contributed by atoms with van der Waals surface area (Å²) in [5.74, 6) is -0.133. The minimum absolute atomic E-state index is 0.111. The van der Waals surface area contributed by atoms with Crippen LogP contribution < -0.4 is 15.4 Å². The summed E-state index contributed by atoms with van der Waals surface area (Å²) in [7, 11) is 0. The summed E-state index contributed by atoms with van der Waals surface area (Å²) in [6.45, 7) is 2.22. The van der Waals surface area contributed by atoms with Gasteiger partial charge in [0.1, 0.15) is 5.75 Å². The molecule has 0 saturated heterocycles. The smallest absolute Gasteiger partial charge is 0.434 e. The van der Waals surface area contributed by atoms with E-state index in [1.54, 1.807) is 31.2 Å². The second-order valence-corrected chi connectivity index (χ2v) is 7.50. The monoisotopic (exact) mass is 436 g/mol. The van der Waals surface area contributed by atoms with Gasteiger partial charge >= 0.3 is 6.16 Å². The SMILES string of the molecule is CCOC(=O)Oc1ccc(C(=O)Nc2ccccc2CNC(=O)C=C2CCCCC2)cc1. The predicted octanol–water partition coefficient (Wildman–Crippen LogP) is 4.98. The van der Waals surface area contributed by atoms with Crippen LogP contribution in [0.1, 0.15) is 54.9 Å². The van der Waals surface area contributed by atoms with Crippen molar-refractivity contribution in [1.82, 2.24) is 5.32 Å². The van der Waals surface area contributed by atoms with Crippen molar-refractivity contribution in [2.24, 2.45) is 0 Å². The van der Waals surface area contributed by atoms with Crippen LogP contribution in [0.25, 0.3) is 0 Å². The lowest BCUT2D eigenvalue weighted by molar-refractivity contribution is -0.116. The van der Waals surface area contributed by atoms with Crippen molar-refractivity contribution in [2.75, 3.05) is 11.9 Å². The zero-order valence-corrected chi connectivity index (χ0v) is 18.2. The number of carbonyl (C=O) groups is 3. The average Bonchev–Trinajstić information content (AvgIpc) is 2.80. The molecule has 0 atom stereocenters. The number of ether oxygens (including phenoxy) is 2. The molecule has 1 aliphatic carbocycles. The Kier molecular flexibility index (Phi) is 8.43. The number of benzene rings is 2. The Balaban J connectivity index is 1.58. The molecule has 168 valence electrons. The average molecular weight is 437 g/mol. The van der Waals surface area contributed by atoms with Gasteiger partial charge in [0.2, 0.25) is 5.91 Å². The first-order valence-electron chi connectivity index (χ1n) is 10.9. The number of hydrogen-bond donors (Lipinski definition) is 2. The molecule has 32 heavy (non-hydrogen) atoms. The molecule has 0 radical (unpaired) electrons. The van der Waals surface area contributed by atoms with Crippen LogP contribution >= 0.6 is 0 Å². The van der Waals surface area contributed by atoms with Crippen LogP contribution in [-0.2, 0) is 16.1 Å². The van der Waals surface area contributed by atoms with Gasteiger partial charge in [-0.3, -0.25) is 9.59 Å². The standard InChI is InChI=1S/C25H28N2O5/c1-2-31-25(30)32-21-14-12-19(13-15-21)24(29)27-22-11-7-6-10-20(22)17-26-23(28)16-18-8-4-3-5-9-18/h6-7,10-16H,2-5,8-9,17H2,1H3,(H,26,28)(H,27,29). The Hall–Kier alpha value is -3.61. The van der Waals surface area contributed by atoms with Gasteiger partial charge in [0.25, 0.3) is 5.91 Å². The molecule has 2 aromatic rings. The number of anilines is 1. The zero-order valence-electron chi connectivity index (χ0n) is 18.2. The summed E-state index contributed by atoms with van der Waals surface area (Å²) in [4.78, 5) is 36.3. The quantitative estimate of drug-likeness (QED) is 0.363. The first-order chi connectivity index (χ1) is 15.5. The minimum atomic E-state index is -0.792. The van der Waals surface area contributed by atoms with E-state index in [-0.39, 0.29) is 24.2 Å². The van der Waals surface area contributed by atoms with E-state index in [4.69, 9.17) is 9.47 Å². The van der Waals surface area contributed by atoms with Gasteiger partial charge in [-0.15, -0.1) is 0 Å². The van der Waals surface area contributed by atoms with Gasteiger partial charge < -0.3 is 20.1 Å². The summed E-state index contributed by atoms with van der Waals surface area (Å²) in [6, 6.07) is 13.5. The Bertz CT molecular complexity index is 974. The Morgan fingerprint density at radius 1 is 0.969 bits per heavy atom. The highest BCUT2D eigenvalue weighted by molar-refractivity contribution is 6.04. The van der Waals surface area contributed by atoms with E-state index in [0.29, 0.717) is 17.8 Å². The van der Waals surface area contributed by atoms with E-state index in [1.165, 1.54) is 24.1 Å². The zero-order chi connectivity index (χ0) is 22.8. The van der Waals surface area contributed by atoms with Crippen LogP contribution in [0.5, 0.6) is 5.75 Å². The minimum Gasteiger partial charge on any atom is -0.434 e. The third kappa shape index (κ3) is 6.97. The number of nitrogens with one attached hydrogen (secondary N) is 2. The molecule has 0 unspecified atom stereocenters.